The molecular weight excluding hydrogens is 186 g/mol. The van der Waals surface area contributed by atoms with E-state index in [9.17, 15) is 0 Å². The molecule has 2 nitrogen and oxygen atoms in total. The van der Waals surface area contributed by atoms with Gasteiger partial charge < -0.3 is 9.64 Å². The summed E-state index contributed by atoms with van der Waals surface area (Å²) in [6, 6.07) is 8.76. The van der Waals surface area contributed by atoms with E-state index in [-0.39, 0.29) is 0 Å². The van der Waals surface area contributed by atoms with Crippen LogP contribution in [0.5, 0.6) is 0 Å². The van der Waals surface area contributed by atoms with Crippen molar-refractivity contribution in [3.63, 3.8) is 0 Å². The predicted octanol–water partition coefficient (Wildman–Crippen LogP) is 2.03. The fraction of sp³-hybridized carbons (Fsp3) is 0.538. The van der Waals surface area contributed by atoms with Crippen LogP contribution >= 0.6 is 0 Å². The van der Waals surface area contributed by atoms with Gasteiger partial charge in [0.25, 0.3) is 0 Å². The molecule has 0 radical (unpaired) electrons. The van der Waals surface area contributed by atoms with Crippen LogP contribution in [0.2, 0.25) is 0 Å². The summed E-state index contributed by atoms with van der Waals surface area (Å²) in [6.07, 6.45) is 0.316. The van der Waals surface area contributed by atoms with Crippen molar-refractivity contribution in [2.24, 2.45) is 5.92 Å². The van der Waals surface area contributed by atoms with Crippen molar-refractivity contribution in [1.29, 1.82) is 0 Å². The molecule has 3 unspecified atom stereocenters. The Bertz CT molecular complexity index is 375. The molecule has 1 aromatic rings. The number of ether oxygens (including phenoxy) is 1. The van der Waals surface area contributed by atoms with Crippen LogP contribution in [0.4, 0.5) is 0 Å². The lowest BCUT2D eigenvalue weighted by molar-refractivity contribution is 0.0614. The highest BCUT2D eigenvalue weighted by molar-refractivity contribution is 5.40. The molecule has 0 aromatic heterocycles. The van der Waals surface area contributed by atoms with Crippen molar-refractivity contribution < 1.29 is 4.74 Å². The van der Waals surface area contributed by atoms with Crippen LogP contribution in [-0.2, 0) is 4.74 Å². The topological polar surface area (TPSA) is 12.5 Å². The number of hydrogen-bond donors (Lipinski definition) is 0. The van der Waals surface area contributed by atoms with E-state index in [0.717, 1.165) is 6.54 Å². The van der Waals surface area contributed by atoms with Crippen molar-refractivity contribution >= 4 is 0 Å². The van der Waals surface area contributed by atoms with E-state index >= 15 is 0 Å². The molecular formula is C13H17NO. The summed E-state index contributed by atoms with van der Waals surface area (Å²) in [4.78, 5) is 2.41. The minimum absolute atomic E-state index is 0.316. The molecule has 3 atom stereocenters. The second kappa shape index (κ2) is 3.32. The molecule has 0 N–H and O–H groups in total. The summed E-state index contributed by atoms with van der Waals surface area (Å²) in [5.74, 6) is 1.36. The van der Waals surface area contributed by atoms with E-state index in [1.165, 1.54) is 17.7 Å². The van der Waals surface area contributed by atoms with Crippen molar-refractivity contribution in [1.82, 2.24) is 4.90 Å². The number of hydrogen-bond acceptors (Lipinski definition) is 2. The van der Waals surface area contributed by atoms with E-state index in [0.29, 0.717) is 17.9 Å². The Morgan fingerprint density at radius 1 is 1.20 bits per heavy atom. The Morgan fingerprint density at radius 3 is 2.67 bits per heavy atom. The van der Waals surface area contributed by atoms with Crippen molar-refractivity contribution in [3.8, 4) is 0 Å². The molecule has 1 saturated heterocycles. The highest BCUT2D eigenvalue weighted by Crippen LogP contribution is 2.50. The van der Waals surface area contributed by atoms with Gasteiger partial charge in [-0.15, -0.1) is 0 Å². The van der Waals surface area contributed by atoms with E-state index < -0.39 is 0 Å². The van der Waals surface area contributed by atoms with Gasteiger partial charge >= 0.3 is 0 Å². The third-order valence-electron chi connectivity index (χ3n) is 3.89. The Kier molecular flexibility index (Phi) is 2.08. The molecule has 1 aromatic carbocycles. The normalized spacial score (nSPS) is 34.1. The monoisotopic (exact) mass is 203 g/mol. The Hall–Kier alpha value is -0.860. The van der Waals surface area contributed by atoms with Gasteiger partial charge in [0.05, 0.1) is 6.10 Å². The van der Waals surface area contributed by atoms with E-state index in [1.807, 2.05) is 7.11 Å². The lowest BCUT2D eigenvalue weighted by atomic mass is 9.96. The summed E-state index contributed by atoms with van der Waals surface area (Å²) in [5.41, 5.74) is 2.93. The number of benzene rings is 1. The standard InChI is InChI=1S/C13H17NO/c1-14-7-11-9-5-3-4-6-10(9)13(15-2)12(11)8-14/h3-6,11-13H,7-8H2,1-2H3. The van der Waals surface area contributed by atoms with Crippen molar-refractivity contribution in [3.05, 3.63) is 35.4 Å². The van der Waals surface area contributed by atoms with Crippen LogP contribution in [-0.4, -0.2) is 32.1 Å². The van der Waals surface area contributed by atoms with Crippen LogP contribution in [0, 0.1) is 5.92 Å². The first-order valence-corrected chi connectivity index (χ1v) is 5.61. The Morgan fingerprint density at radius 2 is 1.93 bits per heavy atom. The molecule has 1 aliphatic heterocycles. The minimum Gasteiger partial charge on any atom is -0.376 e. The van der Waals surface area contributed by atoms with Gasteiger partial charge in [-0.2, -0.15) is 0 Å². The van der Waals surface area contributed by atoms with Crippen LogP contribution in [0.3, 0.4) is 0 Å². The Labute approximate surface area is 90.8 Å². The van der Waals surface area contributed by atoms with Gasteiger partial charge in [-0.3, -0.25) is 0 Å². The largest absolute Gasteiger partial charge is 0.376 e. The zero-order chi connectivity index (χ0) is 10.4. The number of nitrogens with zero attached hydrogens (tertiary/aromatic N) is 1. The summed E-state index contributed by atoms with van der Waals surface area (Å²) in [6.45, 7) is 2.35. The fourth-order valence-electron chi connectivity index (χ4n) is 3.31. The summed E-state index contributed by atoms with van der Waals surface area (Å²) in [7, 11) is 4.04. The Balaban J connectivity index is 2.05. The first-order valence-electron chi connectivity index (χ1n) is 5.61. The zero-order valence-electron chi connectivity index (χ0n) is 9.31. The minimum atomic E-state index is 0.316. The smallest absolute Gasteiger partial charge is 0.0870 e. The molecule has 0 saturated carbocycles. The highest BCUT2D eigenvalue weighted by Gasteiger charge is 2.45. The lowest BCUT2D eigenvalue weighted by Gasteiger charge is -2.18. The molecule has 0 amide bonds. The van der Waals surface area contributed by atoms with Crippen molar-refractivity contribution in [2.45, 2.75) is 12.0 Å². The van der Waals surface area contributed by atoms with E-state index in [1.54, 1.807) is 0 Å². The maximum Gasteiger partial charge on any atom is 0.0870 e. The van der Waals surface area contributed by atoms with E-state index in [2.05, 4.69) is 36.2 Å². The molecule has 0 spiro atoms. The number of likely N-dealkylation sites (tertiary alicyclic amines) is 1. The van der Waals surface area contributed by atoms with Crippen molar-refractivity contribution in [2.75, 3.05) is 27.2 Å². The molecule has 0 bridgehead atoms. The molecule has 1 aliphatic carbocycles. The van der Waals surface area contributed by atoms with E-state index in [4.69, 9.17) is 4.74 Å². The van der Waals surface area contributed by atoms with Crippen LogP contribution in [0.1, 0.15) is 23.1 Å². The van der Waals surface area contributed by atoms with Gasteiger partial charge in [0.1, 0.15) is 0 Å². The fourth-order valence-corrected chi connectivity index (χ4v) is 3.31. The molecule has 3 rings (SSSR count). The first-order chi connectivity index (χ1) is 7.31. The quantitative estimate of drug-likeness (QED) is 0.692. The highest BCUT2D eigenvalue weighted by atomic mass is 16.5. The van der Waals surface area contributed by atoms with Gasteiger partial charge in [0.15, 0.2) is 0 Å². The van der Waals surface area contributed by atoms with Crippen LogP contribution in [0.25, 0.3) is 0 Å². The van der Waals surface area contributed by atoms with Gasteiger partial charge in [-0.05, 0) is 18.2 Å². The number of fused-ring (bicyclic) bond motifs is 3. The molecule has 2 aliphatic rings. The molecule has 1 heterocycles. The van der Waals surface area contributed by atoms with Crippen LogP contribution in [0.15, 0.2) is 24.3 Å². The SMILES string of the molecule is COC1c2ccccc2C2CN(C)CC21. The predicted molar refractivity (Wildman–Crippen MR) is 59.9 cm³/mol. The van der Waals surface area contributed by atoms with Gasteiger partial charge in [0.2, 0.25) is 0 Å². The third-order valence-corrected chi connectivity index (χ3v) is 3.89. The second-order valence-electron chi connectivity index (χ2n) is 4.78. The molecule has 80 valence electrons. The lowest BCUT2D eigenvalue weighted by Crippen LogP contribution is -2.18. The molecule has 15 heavy (non-hydrogen) atoms. The molecule has 1 fully saturated rings. The number of rotatable bonds is 1. The van der Waals surface area contributed by atoms with Gasteiger partial charge in [0, 0.05) is 32.0 Å². The average Bonchev–Trinajstić information content (AvgIpc) is 2.73. The van der Waals surface area contributed by atoms with Crippen LogP contribution < -0.4 is 0 Å². The third kappa shape index (κ3) is 1.25. The summed E-state index contributed by atoms with van der Waals surface area (Å²) >= 11 is 0. The maximum atomic E-state index is 5.67. The summed E-state index contributed by atoms with van der Waals surface area (Å²) in [5, 5.41) is 0. The zero-order valence-corrected chi connectivity index (χ0v) is 9.31. The van der Waals surface area contributed by atoms with Gasteiger partial charge in [-0.25, -0.2) is 0 Å². The average molecular weight is 203 g/mol. The second-order valence-corrected chi connectivity index (χ2v) is 4.78. The molecule has 2 heteroatoms. The first kappa shape index (κ1) is 9.37. The number of likely N-dealkylation sites (N-methyl/N-ethyl adjacent to an activating group) is 1. The van der Waals surface area contributed by atoms with Gasteiger partial charge in [-0.1, -0.05) is 24.3 Å². The summed E-state index contributed by atoms with van der Waals surface area (Å²) < 4.78 is 5.67. The number of methoxy groups -OCH3 is 1. The maximum absolute atomic E-state index is 5.67.